The first-order chi connectivity index (χ1) is 9.74. The van der Waals surface area contributed by atoms with Crippen molar-refractivity contribution in [3.63, 3.8) is 0 Å². The predicted molar refractivity (Wildman–Crippen MR) is 76.6 cm³/mol. The Balaban J connectivity index is 1.83. The molecule has 0 N–H and O–H groups in total. The van der Waals surface area contributed by atoms with Gasteiger partial charge in [-0.15, -0.1) is 15.3 Å². The third kappa shape index (κ3) is 2.57. The van der Waals surface area contributed by atoms with Gasteiger partial charge in [-0.2, -0.15) is 0 Å². The van der Waals surface area contributed by atoms with Crippen molar-refractivity contribution in [1.82, 2.24) is 29.8 Å². The van der Waals surface area contributed by atoms with Crippen LogP contribution in [0.25, 0.3) is 5.69 Å². The molecule has 1 atom stereocenters. The van der Waals surface area contributed by atoms with Crippen LogP contribution in [-0.4, -0.2) is 29.8 Å². The average Bonchev–Trinajstić information content (AvgIpc) is 3.12. The van der Waals surface area contributed by atoms with E-state index in [1.54, 1.807) is 29.0 Å². The van der Waals surface area contributed by atoms with E-state index in [1.165, 1.54) is 5.56 Å². The van der Waals surface area contributed by atoms with Crippen LogP contribution in [0, 0.1) is 0 Å². The summed E-state index contributed by atoms with van der Waals surface area (Å²) in [6.07, 6.45) is 5.21. The molecule has 0 saturated carbocycles. The van der Waals surface area contributed by atoms with Gasteiger partial charge in [0.25, 0.3) is 0 Å². The number of nitrogens with zero attached hydrogens (tertiary/aromatic N) is 6. The fourth-order valence-electron chi connectivity index (χ4n) is 1.87. The molecule has 7 heteroatoms. The van der Waals surface area contributed by atoms with Crippen molar-refractivity contribution in [2.45, 2.75) is 17.3 Å². The van der Waals surface area contributed by atoms with Gasteiger partial charge in [-0.25, -0.2) is 4.68 Å². The summed E-state index contributed by atoms with van der Waals surface area (Å²) in [7, 11) is 1.95. The summed E-state index contributed by atoms with van der Waals surface area (Å²) in [4.78, 5) is 0. The monoisotopic (exact) mass is 286 g/mol. The molecule has 20 heavy (non-hydrogen) atoms. The van der Waals surface area contributed by atoms with Crippen LogP contribution >= 0.6 is 11.8 Å². The number of aromatic nitrogens is 6. The van der Waals surface area contributed by atoms with Crippen LogP contribution in [0.15, 0.2) is 48.1 Å². The Hall–Kier alpha value is -2.15. The van der Waals surface area contributed by atoms with Crippen molar-refractivity contribution in [1.29, 1.82) is 0 Å². The highest BCUT2D eigenvalue weighted by atomic mass is 32.2. The summed E-state index contributed by atoms with van der Waals surface area (Å²) in [5.74, 6) is 0. The Morgan fingerprint density at radius 1 is 1.25 bits per heavy atom. The van der Waals surface area contributed by atoms with E-state index in [9.17, 15) is 0 Å². The van der Waals surface area contributed by atoms with E-state index in [2.05, 4.69) is 39.6 Å². The highest BCUT2D eigenvalue weighted by Crippen LogP contribution is 2.33. The molecular weight excluding hydrogens is 272 g/mol. The Bertz CT molecular complexity index is 690. The normalized spacial score (nSPS) is 12.5. The van der Waals surface area contributed by atoms with Crippen LogP contribution in [-0.2, 0) is 7.05 Å². The topological polar surface area (TPSA) is 61.4 Å². The lowest BCUT2D eigenvalue weighted by Crippen LogP contribution is -1.98. The third-order valence-electron chi connectivity index (χ3n) is 2.98. The lowest BCUT2D eigenvalue weighted by molar-refractivity contribution is 0.784. The molecule has 2 aromatic heterocycles. The van der Waals surface area contributed by atoms with Crippen LogP contribution in [0.5, 0.6) is 0 Å². The molecular formula is C13H14N6S. The van der Waals surface area contributed by atoms with Gasteiger partial charge in [0, 0.05) is 12.3 Å². The molecule has 2 heterocycles. The second kappa shape index (κ2) is 5.46. The largest absolute Gasteiger partial charge is 0.312 e. The van der Waals surface area contributed by atoms with E-state index >= 15 is 0 Å². The highest BCUT2D eigenvalue weighted by Gasteiger charge is 2.12. The fourth-order valence-corrected chi connectivity index (χ4v) is 2.78. The maximum absolute atomic E-state index is 4.10. The molecule has 1 unspecified atom stereocenters. The number of rotatable bonds is 4. The number of hydrogen-bond acceptors (Lipinski definition) is 5. The molecule has 102 valence electrons. The summed E-state index contributed by atoms with van der Waals surface area (Å²) in [6.45, 7) is 2.15. The minimum atomic E-state index is 0.279. The molecule has 0 saturated heterocycles. The molecule has 0 amide bonds. The van der Waals surface area contributed by atoms with E-state index in [-0.39, 0.29) is 5.25 Å². The molecule has 3 aromatic rings. The number of aryl methyl sites for hydroxylation is 1. The molecule has 0 radical (unpaired) electrons. The maximum Gasteiger partial charge on any atom is 0.191 e. The quantitative estimate of drug-likeness (QED) is 0.688. The zero-order valence-corrected chi connectivity index (χ0v) is 12.0. The van der Waals surface area contributed by atoms with E-state index in [4.69, 9.17) is 0 Å². The van der Waals surface area contributed by atoms with Crippen molar-refractivity contribution in [3.8, 4) is 5.69 Å². The summed E-state index contributed by atoms with van der Waals surface area (Å²) in [6, 6.07) is 8.26. The zero-order valence-electron chi connectivity index (χ0n) is 11.2. The number of hydrogen-bond donors (Lipinski definition) is 0. The summed E-state index contributed by atoms with van der Waals surface area (Å²) in [5, 5.41) is 17.0. The standard InChI is InChI=1S/C13H14N6S/c1-10(20-13-16-15-9-18(13)2)11-4-3-5-12(8-11)19-7-6-14-17-19/h3-10H,1-2H3. The summed E-state index contributed by atoms with van der Waals surface area (Å²) >= 11 is 1.68. The van der Waals surface area contributed by atoms with Gasteiger partial charge in [0.15, 0.2) is 5.16 Å². The Morgan fingerprint density at radius 3 is 2.85 bits per heavy atom. The minimum Gasteiger partial charge on any atom is -0.312 e. The van der Waals surface area contributed by atoms with Gasteiger partial charge >= 0.3 is 0 Å². The van der Waals surface area contributed by atoms with Crippen molar-refractivity contribution >= 4 is 11.8 Å². The highest BCUT2D eigenvalue weighted by molar-refractivity contribution is 7.99. The summed E-state index contributed by atoms with van der Waals surface area (Å²) in [5.41, 5.74) is 2.22. The van der Waals surface area contributed by atoms with E-state index in [0.717, 1.165) is 10.8 Å². The first-order valence-corrected chi connectivity index (χ1v) is 7.09. The molecule has 0 aliphatic heterocycles. The van der Waals surface area contributed by atoms with Gasteiger partial charge in [-0.1, -0.05) is 29.1 Å². The van der Waals surface area contributed by atoms with E-state index < -0.39 is 0 Å². The van der Waals surface area contributed by atoms with Crippen molar-refractivity contribution in [3.05, 3.63) is 48.5 Å². The minimum absolute atomic E-state index is 0.279. The fraction of sp³-hybridized carbons (Fsp3) is 0.231. The Morgan fingerprint density at radius 2 is 2.15 bits per heavy atom. The molecule has 0 aliphatic rings. The number of thioether (sulfide) groups is 1. The van der Waals surface area contributed by atoms with Crippen molar-refractivity contribution < 1.29 is 0 Å². The van der Waals surface area contributed by atoms with Crippen LogP contribution < -0.4 is 0 Å². The van der Waals surface area contributed by atoms with Crippen LogP contribution in [0.2, 0.25) is 0 Å². The number of benzene rings is 1. The second-order valence-corrected chi connectivity index (χ2v) is 5.74. The SMILES string of the molecule is CC(Sc1nncn1C)c1cccc(-n2ccnn2)c1. The van der Waals surface area contributed by atoms with Gasteiger partial charge < -0.3 is 4.57 Å². The van der Waals surface area contributed by atoms with Gasteiger partial charge in [0.05, 0.1) is 18.1 Å². The zero-order chi connectivity index (χ0) is 13.9. The lowest BCUT2D eigenvalue weighted by atomic mass is 10.1. The van der Waals surface area contributed by atoms with Crippen molar-refractivity contribution in [2.24, 2.45) is 7.05 Å². The predicted octanol–water partition coefficient (Wildman–Crippen LogP) is 2.25. The Kier molecular flexibility index (Phi) is 3.51. The molecule has 3 rings (SSSR count). The van der Waals surface area contributed by atoms with Crippen molar-refractivity contribution in [2.75, 3.05) is 0 Å². The van der Waals surface area contributed by atoms with Gasteiger partial charge in [-0.3, -0.25) is 0 Å². The van der Waals surface area contributed by atoms with Crippen LogP contribution in [0.1, 0.15) is 17.7 Å². The van der Waals surface area contributed by atoms with Crippen LogP contribution in [0.3, 0.4) is 0 Å². The Labute approximate surface area is 120 Å². The van der Waals surface area contributed by atoms with Gasteiger partial charge in [0.2, 0.25) is 0 Å². The smallest absolute Gasteiger partial charge is 0.191 e. The van der Waals surface area contributed by atoms with Gasteiger partial charge in [-0.05, 0) is 24.6 Å². The lowest BCUT2D eigenvalue weighted by Gasteiger charge is -2.12. The first kappa shape index (κ1) is 12.9. The van der Waals surface area contributed by atoms with Crippen LogP contribution in [0.4, 0.5) is 0 Å². The second-order valence-electron chi connectivity index (χ2n) is 4.43. The molecule has 6 nitrogen and oxygen atoms in total. The maximum atomic E-state index is 4.10. The van der Waals surface area contributed by atoms with E-state index in [0.29, 0.717) is 0 Å². The summed E-state index contributed by atoms with van der Waals surface area (Å²) < 4.78 is 3.67. The molecule has 0 spiro atoms. The molecule has 0 aliphatic carbocycles. The first-order valence-electron chi connectivity index (χ1n) is 6.21. The third-order valence-corrected chi connectivity index (χ3v) is 4.18. The molecule has 0 bridgehead atoms. The average molecular weight is 286 g/mol. The van der Waals surface area contributed by atoms with Gasteiger partial charge in [0.1, 0.15) is 6.33 Å². The van der Waals surface area contributed by atoms with E-state index in [1.807, 2.05) is 29.9 Å². The molecule has 1 aromatic carbocycles. The molecule has 0 fully saturated rings.